The van der Waals surface area contributed by atoms with Crippen LogP contribution in [-0.2, 0) is 60.7 Å². The summed E-state index contributed by atoms with van der Waals surface area (Å²) in [6.07, 6.45) is -0.389. The zero-order valence-corrected chi connectivity index (χ0v) is 52.1. The van der Waals surface area contributed by atoms with Gasteiger partial charge in [0.15, 0.2) is 17.9 Å². The van der Waals surface area contributed by atoms with Crippen molar-refractivity contribution in [3.63, 3.8) is 0 Å². The lowest BCUT2D eigenvalue weighted by Gasteiger charge is -2.39. The number of carbonyl (C=O) groups excluding carboxylic acids is 9. The summed E-state index contributed by atoms with van der Waals surface area (Å²) in [5.41, 5.74) is -0.483. The fourth-order valence-corrected chi connectivity index (χ4v) is 12.1. The van der Waals surface area contributed by atoms with Crippen molar-refractivity contribution in [2.24, 2.45) is 47.3 Å². The third-order valence-corrected chi connectivity index (χ3v) is 17.1. The van der Waals surface area contributed by atoms with Crippen LogP contribution in [-0.4, -0.2) is 166 Å². The Kier molecular flexibility index (Phi) is 24.7. The summed E-state index contributed by atoms with van der Waals surface area (Å²) in [6, 6.07) is 10.2. The first kappa shape index (κ1) is 67.0. The SMILES string of the molecule is CCC(C)[C@@H]1CC(=O)[C@@H]2CCN(C2)C(=O)[C@H](Cc2cccc(Br)c2)N(C)C(=O)[C@H](Cc2ccccc2)NC(=O)[C@H](C(C)C)N(C)C(=O)[C@@H](C(C)CC)OC(=O)C(C(C)(C)O)N(C)C(=O)[C@H](CC(C)C)CC(=O)[C@H](C(C)C)N(C)C1=O. The quantitative estimate of drug-likeness (QED) is 0.192. The van der Waals surface area contributed by atoms with E-state index in [9.17, 15) is 38.7 Å². The van der Waals surface area contributed by atoms with Crippen LogP contribution in [0.25, 0.3) is 0 Å². The van der Waals surface area contributed by atoms with Gasteiger partial charge in [-0.15, -0.1) is 0 Å². The summed E-state index contributed by atoms with van der Waals surface area (Å²) >= 11 is 3.54. The van der Waals surface area contributed by atoms with Crippen LogP contribution in [0.4, 0.5) is 0 Å². The molecule has 0 aliphatic carbocycles. The van der Waals surface area contributed by atoms with Crippen LogP contribution in [0, 0.1) is 47.3 Å². The van der Waals surface area contributed by atoms with Gasteiger partial charge in [-0.1, -0.05) is 134 Å². The van der Waals surface area contributed by atoms with Gasteiger partial charge in [0.1, 0.15) is 23.9 Å². The molecule has 2 fully saturated rings. The van der Waals surface area contributed by atoms with E-state index in [0.29, 0.717) is 24.8 Å². The number of hydrogen-bond donors (Lipinski definition) is 2. The summed E-state index contributed by atoms with van der Waals surface area (Å²) in [6.45, 7) is 21.2. The zero-order chi connectivity index (χ0) is 60.2. The number of nitrogens with zero attached hydrogens (tertiary/aromatic N) is 5. The lowest BCUT2D eigenvalue weighted by atomic mass is 9.82. The van der Waals surface area contributed by atoms with E-state index in [1.165, 1.54) is 49.7 Å². The Morgan fingerprint density at radius 3 is 1.80 bits per heavy atom. The lowest BCUT2D eigenvalue weighted by molar-refractivity contribution is -0.178. The maximum atomic E-state index is 15.3. The van der Waals surface area contributed by atoms with E-state index in [0.717, 1.165) is 14.9 Å². The van der Waals surface area contributed by atoms with E-state index >= 15 is 9.59 Å². The predicted molar refractivity (Wildman–Crippen MR) is 311 cm³/mol. The topological polar surface area (TPSA) is 211 Å². The summed E-state index contributed by atoms with van der Waals surface area (Å²) in [5, 5.41) is 14.7. The van der Waals surface area contributed by atoms with E-state index in [2.05, 4.69) is 21.2 Å². The number of esters is 1. The van der Waals surface area contributed by atoms with Crippen molar-refractivity contribution in [3.05, 3.63) is 70.2 Å². The molecule has 444 valence electrons. The zero-order valence-electron chi connectivity index (χ0n) is 50.5. The van der Waals surface area contributed by atoms with E-state index in [4.69, 9.17) is 4.74 Å². The number of ether oxygens (including phenoxy) is 1. The first-order valence-corrected chi connectivity index (χ1v) is 29.6. The molecular formula is C62H93BrN6O11. The molecule has 17 nitrogen and oxygen atoms in total. The maximum absolute atomic E-state index is 15.3. The minimum atomic E-state index is -1.94. The molecule has 11 atom stereocenters. The molecule has 0 radical (unpaired) electrons. The van der Waals surface area contributed by atoms with E-state index in [1.54, 1.807) is 39.6 Å². The van der Waals surface area contributed by atoms with Crippen molar-refractivity contribution >= 4 is 68.9 Å². The number of ketones is 2. The van der Waals surface area contributed by atoms with Gasteiger partial charge in [0, 0.05) is 95.1 Å². The third-order valence-electron chi connectivity index (χ3n) is 16.6. The average Bonchev–Trinajstić information content (AvgIpc) is 3.89. The van der Waals surface area contributed by atoms with Crippen LogP contribution < -0.4 is 5.32 Å². The molecule has 2 aliphatic heterocycles. The highest BCUT2D eigenvalue weighted by Gasteiger charge is 2.47. The van der Waals surface area contributed by atoms with Gasteiger partial charge in [0.05, 0.1) is 11.6 Å². The molecule has 0 aromatic heterocycles. The van der Waals surface area contributed by atoms with Gasteiger partial charge in [-0.05, 0) is 80.0 Å². The van der Waals surface area contributed by atoms with Gasteiger partial charge in [-0.25, -0.2) is 4.79 Å². The number of likely N-dealkylation sites (N-methyl/N-ethyl adjacent to an activating group) is 4. The molecule has 0 spiro atoms. The molecule has 80 heavy (non-hydrogen) atoms. The Morgan fingerprint density at radius 2 is 1.25 bits per heavy atom. The van der Waals surface area contributed by atoms with Gasteiger partial charge < -0.3 is 39.7 Å². The Hall–Kier alpha value is -5.49. The highest BCUT2D eigenvalue weighted by atomic mass is 79.9. The second-order valence-corrected chi connectivity index (χ2v) is 25.4. The number of aliphatic hydroxyl groups is 1. The van der Waals surface area contributed by atoms with Gasteiger partial charge in [0.2, 0.25) is 29.5 Å². The standard InChI is InChI=1S/C62H93BrN6O11/c1-17-39(9)46-34-49(70)43-27-28-69(35-43)59(76)48(32-42-25-22-26-45(63)30-42)65(13)58(75)47(31-41-23-20-19-21-24-41)64-55(72)52(38(7)8)67(15)60(77)53(40(10)18-2)80-61(78)54(62(11,12)79)68(16)56(73)44(29-36(3)4)33-50(71)51(37(5)6)66(14)57(46)74/h19-26,30,36-40,43-44,46-48,51-54,79H,17-18,27-29,31-35H2,1-16H3,(H,64,72)/t39?,40?,43-,44-,46+,47+,48+,51+,52+,53-,54?/m1/s1. The molecule has 2 N–H and O–H groups in total. The van der Waals surface area contributed by atoms with Crippen molar-refractivity contribution < 1.29 is 53.0 Å². The molecule has 18 heteroatoms. The number of cyclic esters (lactones) is 1. The van der Waals surface area contributed by atoms with E-state index < -0.39 is 119 Å². The van der Waals surface area contributed by atoms with Crippen LogP contribution in [0.15, 0.2) is 59.1 Å². The number of Topliss-reactive ketones (excluding diaryl/α,β-unsaturated/α-hetero) is 2. The lowest BCUT2D eigenvalue weighted by Crippen LogP contribution is -2.61. The van der Waals surface area contributed by atoms with Crippen molar-refractivity contribution in [1.29, 1.82) is 0 Å². The Labute approximate surface area is 484 Å². The second-order valence-electron chi connectivity index (χ2n) is 24.5. The summed E-state index contributed by atoms with van der Waals surface area (Å²) in [4.78, 5) is 141. The average molecular weight is 1180 g/mol. The fraction of sp³-hybridized carbons (Fsp3) is 0.661. The molecule has 2 bridgehead atoms. The Morgan fingerprint density at radius 1 is 0.662 bits per heavy atom. The normalized spacial score (nSPS) is 26.5. The second kappa shape index (κ2) is 29.5. The largest absolute Gasteiger partial charge is 0.450 e. The number of hydrogen-bond acceptors (Lipinski definition) is 11. The minimum absolute atomic E-state index is 0.0172. The summed E-state index contributed by atoms with van der Waals surface area (Å²) in [5.74, 6) is -9.50. The Bertz CT molecular complexity index is 2500. The number of benzene rings is 2. The summed E-state index contributed by atoms with van der Waals surface area (Å²) in [7, 11) is 5.85. The number of fused-ring (bicyclic) bond motifs is 2. The first-order chi connectivity index (χ1) is 37.4. The molecule has 2 aromatic carbocycles. The van der Waals surface area contributed by atoms with Gasteiger partial charge in [0.25, 0.3) is 5.91 Å². The van der Waals surface area contributed by atoms with Crippen LogP contribution in [0.2, 0.25) is 0 Å². The molecule has 0 saturated carbocycles. The molecule has 2 saturated heterocycles. The number of amides is 6. The van der Waals surface area contributed by atoms with Crippen LogP contribution in [0.1, 0.15) is 133 Å². The van der Waals surface area contributed by atoms with Crippen LogP contribution in [0.3, 0.4) is 0 Å². The van der Waals surface area contributed by atoms with Crippen LogP contribution in [0.5, 0.6) is 0 Å². The van der Waals surface area contributed by atoms with Crippen molar-refractivity contribution in [3.8, 4) is 0 Å². The smallest absolute Gasteiger partial charge is 0.332 e. The minimum Gasteiger partial charge on any atom is -0.450 e. The highest BCUT2D eigenvalue weighted by molar-refractivity contribution is 9.10. The fourth-order valence-electron chi connectivity index (χ4n) is 11.7. The van der Waals surface area contributed by atoms with Gasteiger partial charge in [-0.2, -0.15) is 0 Å². The van der Waals surface area contributed by atoms with E-state index in [1.807, 2.05) is 96.1 Å². The van der Waals surface area contributed by atoms with E-state index in [-0.39, 0.29) is 68.6 Å². The monoisotopic (exact) mass is 1180 g/mol. The highest BCUT2D eigenvalue weighted by Crippen LogP contribution is 2.32. The first-order valence-electron chi connectivity index (χ1n) is 28.8. The number of rotatable bonds is 13. The summed E-state index contributed by atoms with van der Waals surface area (Å²) < 4.78 is 6.89. The number of halogens is 1. The van der Waals surface area contributed by atoms with Gasteiger partial charge >= 0.3 is 5.97 Å². The van der Waals surface area contributed by atoms with Crippen molar-refractivity contribution in [2.75, 3.05) is 41.3 Å². The molecule has 3 unspecified atom stereocenters. The van der Waals surface area contributed by atoms with Gasteiger partial charge in [-0.3, -0.25) is 38.4 Å². The molecule has 2 heterocycles. The molecule has 6 amide bonds. The maximum Gasteiger partial charge on any atom is 0.332 e. The van der Waals surface area contributed by atoms with Crippen LogP contribution >= 0.6 is 15.9 Å². The third kappa shape index (κ3) is 17.0. The molecule has 4 rings (SSSR count). The molecule has 2 aromatic rings. The van der Waals surface area contributed by atoms with Crippen molar-refractivity contribution in [2.45, 2.75) is 176 Å². The predicted octanol–water partition coefficient (Wildman–Crippen LogP) is 7.17. The number of nitrogens with one attached hydrogen (secondary N) is 1. The number of carbonyl (C=O) groups is 9. The Balaban J connectivity index is 1.94. The molecule has 2 aliphatic rings. The molecular weight excluding hydrogens is 1080 g/mol. The van der Waals surface area contributed by atoms with Crippen molar-refractivity contribution in [1.82, 2.24) is 29.8 Å².